The third-order valence-electron chi connectivity index (χ3n) is 8.23. The molecular formula is C34H52O4Si2. The minimum Gasteiger partial charge on any atom is -0.541 e. The Morgan fingerprint density at radius 3 is 1.80 bits per heavy atom. The predicted molar refractivity (Wildman–Crippen MR) is 177 cm³/mol. The van der Waals surface area contributed by atoms with Crippen molar-refractivity contribution < 1.29 is 18.4 Å². The highest BCUT2D eigenvalue weighted by molar-refractivity contribution is 6.75. The number of allylic oxidation sites excluding steroid dienone is 1. The van der Waals surface area contributed by atoms with Gasteiger partial charge in [-0.25, -0.2) is 0 Å². The molecule has 220 valence electrons. The second kappa shape index (κ2) is 13.9. The standard InChI is InChI=1S/C34H52O4Si2/c1-33(2,3)39(8,9)37-30-24-23-29(26-31(30)38-40(10,11)34(4,5)6)22-21-28-19-16-18-27(25-28)17-14-12-13-15-20-32(35)36-7/h14,16-19,21-26H,12-13,15,20H2,1-11H3/b17-14+,22-21+. The summed E-state index contributed by atoms with van der Waals surface area (Å²) in [6.07, 6.45) is 11.9. The Hall–Kier alpha value is -2.58. The fraction of sp³-hybridized carbons (Fsp3) is 0.500. The second-order valence-electron chi connectivity index (χ2n) is 13.7. The van der Waals surface area contributed by atoms with Gasteiger partial charge in [-0.2, -0.15) is 0 Å². The van der Waals surface area contributed by atoms with Crippen molar-refractivity contribution in [1.29, 1.82) is 0 Å². The van der Waals surface area contributed by atoms with Gasteiger partial charge in [0.05, 0.1) is 7.11 Å². The first kappa shape index (κ1) is 33.6. The van der Waals surface area contributed by atoms with Crippen LogP contribution in [-0.2, 0) is 9.53 Å². The van der Waals surface area contributed by atoms with Crippen LogP contribution in [0.5, 0.6) is 11.5 Å². The van der Waals surface area contributed by atoms with Crippen LogP contribution in [-0.4, -0.2) is 29.7 Å². The molecule has 0 saturated heterocycles. The van der Waals surface area contributed by atoms with Crippen LogP contribution in [0.15, 0.2) is 48.5 Å². The average Bonchev–Trinajstić information content (AvgIpc) is 2.84. The first-order valence-corrected chi connectivity index (χ1v) is 20.3. The van der Waals surface area contributed by atoms with Crippen LogP contribution in [0.25, 0.3) is 18.2 Å². The highest BCUT2D eigenvalue weighted by atomic mass is 28.4. The maximum absolute atomic E-state index is 11.2. The lowest BCUT2D eigenvalue weighted by molar-refractivity contribution is -0.140. The van der Waals surface area contributed by atoms with E-state index < -0.39 is 16.6 Å². The summed E-state index contributed by atoms with van der Waals surface area (Å²) in [6, 6.07) is 14.8. The molecule has 0 radical (unpaired) electrons. The Morgan fingerprint density at radius 1 is 0.725 bits per heavy atom. The molecule has 0 atom stereocenters. The number of benzene rings is 2. The first-order chi connectivity index (χ1) is 18.4. The number of ether oxygens (including phenoxy) is 1. The van der Waals surface area contributed by atoms with E-state index in [0.29, 0.717) is 6.42 Å². The van der Waals surface area contributed by atoms with Crippen LogP contribution < -0.4 is 8.85 Å². The van der Waals surface area contributed by atoms with Gasteiger partial charge in [-0.1, -0.05) is 90.1 Å². The van der Waals surface area contributed by atoms with Crippen molar-refractivity contribution in [1.82, 2.24) is 0 Å². The summed E-state index contributed by atoms with van der Waals surface area (Å²) in [4.78, 5) is 11.2. The molecule has 6 heteroatoms. The highest BCUT2D eigenvalue weighted by Crippen LogP contribution is 2.43. The second-order valence-corrected chi connectivity index (χ2v) is 23.1. The van der Waals surface area contributed by atoms with E-state index in [9.17, 15) is 4.79 Å². The fourth-order valence-electron chi connectivity index (χ4n) is 3.46. The van der Waals surface area contributed by atoms with Gasteiger partial charge in [0.25, 0.3) is 16.6 Å². The lowest BCUT2D eigenvalue weighted by atomic mass is 10.1. The quantitative estimate of drug-likeness (QED) is 0.108. The van der Waals surface area contributed by atoms with E-state index in [2.05, 4.69) is 134 Å². The minimum absolute atomic E-state index is 0.0857. The number of rotatable bonds is 12. The van der Waals surface area contributed by atoms with Crippen LogP contribution in [0.3, 0.4) is 0 Å². The monoisotopic (exact) mass is 580 g/mol. The van der Waals surface area contributed by atoms with Gasteiger partial charge in [-0.05, 0) is 90.4 Å². The Bertz CT molecular complexity index is 1180. The minimum atomic E-state index is -2.06. The molecule has 0 amide bonds. The van der Waals surface area contributed by atoms with E-state index >= 15 is 0 Å². The van der Waals surface area contributed by atoms with E-state index in [1.165, 1.54) is 7.11 Å². The molecule has 0 N–H and O–H groups in total. The van der Waals surface area contributed by atoms with Gasteiger partial charge in [-0.3, -0.25) is 4.79 Å². The van der Waals surface area contributed by atoms with Crippen LogP contribution in [0, 0.1) is 0 Å². The molecule has 0 heterocycles. The maximum atomic E-state index is 11.2. The molecule has 2 aromatic rings. The molecule has 0 aliphatic heterocycles. The number of esters is 1. The Morgan fingerprint density at radius 2 is 1.25 bits per heavy atom. The van der Waals surface area contributed by atoms with Crippen molar-refractivity contribution in [2.75, 3.05) is 7.11 Å². The van der Waals surface area contributed by atoms with Crippen molar-refractivity contribution in [3.63, 3.8) is 0 Å². The molecule has 0 saturated carbocycles. The highest BCUT2D eigenvalue weighted by Gasteiger charge is 2.42. The number of hydrogen-bond acceptors (Lipinski definition) is 4. The van der Waals surface area contributed by atoms with Crippen molar-refractivity contribution in [3.05, 3.63) is 65.2 Å². The fourth-order valence-corrected chi connectivity index (χ4v) is 5.50. The summed E-state index contributed by atoms with van der Waals surface area (Å²) in [5.41, 5.74) is 3.39. The normalized spacial score (nSPS) is 13.2. The molecule has 0 fully saturated rings. The number of carbonyl (C=O) groups excluding carboxylic acids is 1. The van der Waals surface area contributed by atoms with Crippen LogP contribution in [0.2, 0.25) is 36.3 Å². The molecule has 0 aliphatic carbocycles. The Balaban J connectivity index is 2.24. The van der Waals surface area contributed by atoms with Crippen molar-refractivity contribution in [2.24, 2.45) is 0 Å². The zero-order chi connectivity index (χ0) is 30.2. The molecule has 4 nitrogen and oxygen atoms in total. The van der Waals surface area contributed by atoms with Gasteiger partial charge in [0.15, 0.2) is 0 Å². The van der Waals surface area contributed by atoms with Crippen LogP contribution in [0.4, 0.5) is 0 Å². The van der Waals surface area contributed by atoms with Gasteiger partial charge < -0.3 is 13.6 Å². The van der Waals surface area contributed by atoms with E-state index in [1.807, 2.05) is 0 Å². The van der Waals surface area contributed by atoms with Crippen molar-refractivity contribution in [3.8, 4) is 11.5 Å². The van der Waals surface area contributed by atoms with Gasteiger partial charge in [0, 0.05) is 6.42 Å². The third-order valence-corrected chi connectivity index (χ3v) is 16.9. The molecular weight excluding hydrogens is 529 g/mol. The average molecular weight is 581 g/mol. The zero-order valence-corrected chi connectivity index (χ0v) is 28.8. The third kappa shape index (κ3) is 10.1. The Kier molecular flexibility index (Phi) is 11.7. The molecule has 0 spiro atoms. The molecule has 40 heavy (non-hydrogen) atoms. The first-order valence-electron chi connectivity index (χ1n) is 14.5. The van der Waals surface area contributed by atoms with Crippen molar-refractivity contribution >= 4 is 40.8 Å². The number of unbranched alkanes of at least 4 members (excludes halogenated alkanes) is 2. The molecule has 2 rings (SSSR count). The molecule has 0 aliphatic rings. The number of methoxy groups -OCH3 is 1. The topological polar surface area (TPSA) is 44.8 Å². The van der Waals surface area contributed by atoms with Gasteiger partial charge in [0.1, 0.15) is 11.5 Å². The van der Waals surface area contributed by atoms with Crippen molar-refractivity contribution in [2.45, 2.75) is 103 Å². The molecule has 0 bridgehead atoms. The van der Waals surface area contributed by atoms with Crippen LogP contribution in [0.1, 0.15) is 83.9 Å². The molecule has 0 aromatic heterocycles. The lowest BCUT2D eigenvalue weighted by Crippen LogP contribution is -2.45. The van der Waals surface area contributed by atoms with Gasteiger partial charge in [-0.15, -0.1) is 0 Å². The lowest BCUT2D eigenvalue weighted by Gasteiger charge is -2.39. The number of carbonyl (C=O) groups is 1. The summed E-state index contributed by atoms with van der Waals surface area (Å²) in [6.45, 7) is 22.7. The molecule has 0 unspecified atom stereocenters. The Labute approximate surface area is 246 Å². The van der Waals surface area contributed by atoms with Crippen LogP contribution >= 0.6 is 0 Å². The van der Waals surface area contributed by atoms with E-state index in [4.69, 9.17) is 13.6 Å². The molecule has 2 aromatic carbocycles. The summed E-state index contributed by atoms with van der Waals surface area (Å²) in [5, 5.41) is 0.185. The zero-order valence-electron chi connectivity index (χ0n) is 26.8. The summed E-state index contributed by atoms with van der Waals surface area (Å²) in [7, 11) is -2.66. The summed E-state index contributed by atoms with van der Waals surface area (Å²) < 4.78 is 18.3. The SMILES string of the molecule is COC(=O)CCCC/C=C/c1cccc(/C=C/c2ccc(O[Si](C)(C)C(C)(C)C)c(O[Si](C)(C)C(C)(C)C)c2)c1. The summed E-state index contributed by atoms with van der Waals surface area (Å²) >= 11 is 0. The van der Waals surface area contributed by atoms with E-state index in [0.717, 1.165) is 47.5 Å². The largest absolute Gasteiger partial charge is 0.541 e. The summed E-state index contributed by atoms with van der Waals surface area (Å²) in [5.74, 6) is 1.56. The van der Waals surface area contributed by atoms with E-state index in [-0.39, 0.29) is 16.0 Å². The smallest absolute Gasteiger partial charge is 0.305 e. The van der Waals surface area contributed by atoms with E-state index in [1.54, 1.807) is 0 Å². The maximum Gasteiger partial charge on any atom is 0.305 e. The number of hydrogen-bond donors (Lipinski definition) is 0. The predicted octanol–water partition coefficient (Wildman–Crippen LogP) is 10.4. The van der Waals surface area contributed by atoms with Gasteiger partial charge >= 0.3 is 5.97 Å². The van der Waals surface area contributed by atoms with Gasteiger partial charge in [0.2, 0.25) is 0 Å².